The molecule has 5 N–H and O–H groups in total. The van der Waals surface area contributed by atoms with Gasteiger partial charge in [-0.2, -0.15) is 0 Å². The van der Waals surface area contributed by atoms with Crippen LogP contribution in [0.15, 0.2) is 54.3 Å². The number of carbonyl (C=O) groups excluding carboxylic acids is 4. The number of piperazine rings is 1. The van der Waals surface area contributed by atoms with E-state index >= 15 is 8.78 Å². The van der Waals surface area contributed by atoms with Crippen LogP contribution in [0.1, 0.15) is 109 Å². The summed E-state index contributed by atoms with van der Waals surface area (Å²) < 4.78 is 37.4. The van der Waals surface area contributed by atoms with Crippen molar-refractivity contribution in [2.75, 3.05) is 120 Å². The number of piperidine rings is 2. The Morgan fingerprint density at radius 2 is 1.57 bits per heavy atom. The molecule has 2 spiro atoms. The van der Waals surface area contributed by atoms with Gasteiger partial charge in [0.05, 0.1) is 65.8 Å². The number of carbonyl (C=O) groups is 4. The van der Waals surface area contributed by atoms with E-state index in [0.29, 0.717) is 70.2 Å². The van der Waals surface area contributed by atoms with E-state index in [4.69, 9.17) is 4.74 Å². The largest absolute Gasteiger partial charge is 0.391 e. The van der Waals surface area contributed by atoms with Crippen molar-refractivity contribution < 1.29 is 37.8 Å². The number of aliphatic hydroxyl groups is 1. The Morgan fingerprint density at radius 3 is 2.29 bits per heavy atom. The maximum Gasteiger partial charge on any atom is 0.246 e. The third-order valence-electron chi connectivity index (χ3n) is 18.6. The Hall–Kier alpha value is -5.91. The summed E-state index contributed by atoms with van der Waals surface area (Å²) in [4.78, 5) is 81.7. The molecule has 0 bridgehead atoms. The molecule has 22 heteroatoms. The summed E-state index contributed by atoms with van der Waals surface area (Å²) in [5, 5.41) is 23.5. The molecule has 4 aromatic rings. The number of benzene rings is 2. The lowest BCUT2D eigenvalue weighted by molar-refractivity contribution is -0.144. The number of thiazole rings is 1. The van der Waals surface area contributed by atoms with Crippen LogP contribution in [0.3, 0.4) is 0 Å². The van der Waals surface area contributed by atoms with E-state index < -0.39 is 40.8 Å². The van der Waals surface area contributed by atoms with Gasteiger partial charge in [-0.1, -0.05) is 58.9 Å². The number of likely N-dealkylation sites (tertiary alicyclic amines) is 4. The maximum absolute atomic E-state index is 15.8. The van der Waals surface area contributed by atoms with Gasteiger partial charge in [-0.05, 0) is 112 Å². The van der Waals surface area contributed by atoms with Crippen LogP contribution in [-0.4, -0.2) is 192 Å². The van der Waals surface area contributed by atoms with Crippen LogP contribution in [0.5, 0.6) is 0 Å². The van der Waals surface area contributed by atoms with Crippen LogP contribution >= 0.6 is 11.3 Å². The molecule has 2 aromatic carbocycles. The molecule has 6 aliphatic heterocycles. The number of aryl methyl sites for hydroxylation is 1. The zero-order valence-electron chi connectivity index (χ0n) is 50.2. The normalized spacial score (nSPS) is 23.7. The predicted octanol–water partition coefficient (Wildman–Crippen LogP) is 5.98. The Kier molecular flexibility index (Phi) is 18.6. The van der Waals surface area contributed by atoms with Crippen molar-refractivity contribution in [3.05, 3.63) is 82.8 Å². The summed E-state index contributed by atoms with van der Waals surface area (Å²) in [5.41, 5.74) is 4.32. The molecule has 0 aliphatic carbocycles. The zero-order valence-corrected chi connectivity index (χ0v) is 51.0. The fraction of sp³-hybridized carbons (Fsp3) is 0.629. The number of hydrogen-bond donors (Lipinski definition) is 5. The molecule has 4 amide bonds. The highest BCUT2D eigenvalue weighted by Gasteiger charge is 2.47. The van der Waals surface area contributed by atoms with Crippen molar-refractivity contribution in [3.63, 3.8) is 0 Å². The molecule has 84 heavy (non-hydrogen) atoms. The number of nitrogens with zero attached hydrogens (tertiary/aromatic N) is 9. The molecular weight excluding hydrogens is 1090 g/mol. The second-order valence-corrected chi connectivity index (χ2v) is 27.5. The van der Waals surface area contributed by atoms with Crippen LogP contribution < -0.4 is 31.1 Å². The first-order chi connectivity index (χ1) is 40.0. The molecule has 0 radical (unpaired) electrons. The third kappa shape index (κ3) is 14.7. The molecule has 6 aliphatic rings. The summed E-state index contributed by atoms with van der Waals surface area (Å²) in [7, 11) is 0. The fourth-order valence-corrected chi connectivity index (χ4v) is 14.2. The van der Waals surface area contributed by atoms with Gasteiger partial charge in [-0.15, -0.1) is 11.3 Å². The second-order valence-electron chi connectivity index (χ2n) is 26.7. The van der Waals surface area contributed by atoms with E-state index in [1.165, 1.54) is 17.0 Å². The van der Waals surface area contributed by atoms with Crippen LogP contribution in [0, 0.1) is 34.8 Å². The number of aromatic nitrogens is 3. The van der Waals surface area contributed by atoms with Crippen LogP contribution in [0.25, 0.3) is 10.4 Å². The van der Waals surface area contributed by atoms with Crippen LogP contribution in [0.2, 0.25) is 0 Å². The van der Waals surface area contributed by atoms with E-state index in [1.54, 1.807) is 22.6 Å². The first kappa shape index (κ1) is 61.2. The molecule has 0 unspecified atom stereocenters. The van der Waals surface area contributed by atoms with Crippen molar-refractivity contribution in [3.8, 4) is 10.4 Å². The lowest BCUT2D eigenvalue weighted by atomic mass is 9.82. The van der Waals surface area contributed by atoms with Gasteiger partial charge < -0.3 is 50.7 Å². The van der Waals surface area contributed by atoms with Gasteiger partial charge in [0.2, 0.25) is 23.6 Å². The quantitative estimate of drug-likeness (QED) is 0.0686. The van der Waals surface area contributed by atoms with E-state index in [1.807, 2.05) is 70.5 Å². The van der Waals surface area contributed by atoms with E-state index in [9.17, 15) is 24.3 Å². The van der Waals surface area contributed by atoms with Gasteiger partial charge >= 0.3 is 0 Å². The number of ether oxygens (including phenoxy) is 1. The maximum atomic E-state index is 15.8. The lowest BCUT2D eigenvalue weighted by Gasteiger charge is -2.48. The zero-order chi connectivity index (χ0) is 59.6. The van der Waals surface area contributed by atoms with Crippen molar-refractivity contribution in [2.45, 2.75) is 130 Å². The molecule has 10 rings (SSSR count). The van der Waals surface area contributed by atoms with Crippen molar-refractivity contribution in [1.29, 1.82) is 0 Å². The molecule has 0 saturated carbocycles. The molecular formula is C62H87F2N13O6S. The number of aliphatic hydroxyl groups excluding tert-OH is 1. The number of β-amino-alcohol motifs (C(OH)–C–C–N with tert-alkyl or cyclic N) is 1. The standard InChI is InChI=1S/C62H87F2N13O6S/c1-41(43-8-10-44(11-9-43)55-42(2)68-40-84-55)69-57(81)50-29-46(78)33-77(50)58(82)56(59(3,4)5)70-53(79)34-74-22-15-61(37-74)14-21-73(36-61)25-27-83-26-18-65-51-31-52(67-39-66-51)75-23-16-62(17-24-75)38-76(35-54(80)71-62)49-30-47(63)45(28-48(49)64)32-72-19-12-60(6,7)13-20-72/h8-11,28,30-31,39-41,46,50,56,78H,12-27,29,32-38H2,1-7H3,(H,69,81)(H,70,79)(H,71,80)(H,65,66,67)/t41-,46+,50-,56+,61+/m0/s1. The average Bonchev–Trinajstić information content (AvgIpc) is 2.51. The predicted molar refractivity (Wildman–Crippen MR) is 321 cm³/mol. The molecule has 5 atom stereocenters. The minimum atomic E-state index is -0.905. The minimum absolute atomic E-state index is 0.00834. The SMILES string of the molecule is Cc1ncsc1-c1ccc([C@H](C)NC(=O)[C@@H]2C[C@@H](O)CN2C(=O)[C@@H](NC(=O)CN2CC[C@@]3(CCN(CCOCCNc4cc(N5CCC6(CC5)CN(c5cc(F)c(CN7CCC(C)(C)CC7)cc5F)CC(=O)N6)ncn4)C3)C2)C(C)(C)C)cc1. The number of hydrogen-bond acceptors (Lipinski definition) is 16. The Bertz CT molecular complexity index is 2980. The molecule has 8 heterocycles. The van der Waals surface area contributed by atoms with Gasteiger partial charge in [0, 0.05) is 83.0 Å². The molecule has 6 fully saturated rings. The van der Waals surface area contributed by atoms with Crippen molar-refractivity contribution in [2.24, 2.45) is 16.2 Å². The summed E-state index contributed by atoms with van der Waals surface area (Å²) in [6.07, 6.45) is 6.06. The van der Waals surface area contributed by atoms with Gasteiger partial charge in [0.1, 0.15) is 41.7 Å². The van der Waals surface area contributed by atoms with E-state index in [-0.39, 0.29) is 72.2 Å². The highest BCUT2D eigenvalue weighted by Crippen LogP contribution is 2.40. The highest BCUT2D eigenvalue weighted by molar-refractivity contribution is 7.13. The van der Waals surface area contributed by atoms with Gasteiger partial charge in [-0.25, -0.2) is 23.7 Å². The van der Waals surface area contributed by atoms with E-state index in [2.05, 4.69) is 69.7 Å². The smallest absolute Gasteiger partial charge is 0.246 e. The Morgan fingerprint density at radius 1 is 0.857 bits per heavy atom. The first-order valence-corrected chi connectivity index (χ1v) is 31.1. The third-order valence-corrected chi connectivity index (χ3v) is 19.5. The number of amides is 4. The average molecular weight is 1180 g/mol. The lowest BCUT2D eigenvalue weighted by Crippen LogP contribution is -2.66. The van der Waals surface area contributed by atoms with Gasteiger partial charge in [0.25, 0.3) is 0 Å². The number of rotatable bonds is 19. The monoisotopic (exact) mass is 1180 g/mol. The fourth-order valence-electron chi connectivity index (χ4n) is 13.4. The van der Waals surface area contributed by atoms with Gasteiger partial charge in [0.15, 0.2) is 0 Å². The van der Waals surface area contributed by atoms with Gasteiger partial charge in [-0.3, -0.25) is 29.0 Å². The number of halogens is 2. The number of nitrogens with one attached hydrogen (secondary N) is 4. The summed E-state index contributed by atoms with van der Waals surface area (Å²) in [5.74, 6) is -0.671. The van der Waals surface area contributed by atoms with Crippen LogP contribution in [0.4, 0.5) is 26.1 Å². The Labute approximate surface area is 497 Å². The minimum Gasteiger partial charge on any atom is -0.391 e. The number of anilines is 3. The second kappa shape index (κ2) is 25.6. The summed E-state index contributed by atoms with van der Waals surface area (Å²) >= 11 is 1.58. The summed E-state index contributed by atoms with van der Waals surface area (Å²) in [6, 6.07) is 10.4. The van der Waals surface area contributed by atoms with Crippen molar-refractivity contribution >= 4 is 52.3 Å². The van der Waals surface area contributed by atoms with E-state index in [0.717, 1.165) is 99.0 Å². The summed E-state index contributed by atoms with van der Waals surface area (Å²) in [6.45, 7) is 23.7. The molecule has 19 nitrogen and oxygen atoms in total. The van der Waals surface area contributed by atoms with Crippen molar-refractivity contribution in [1.82, 2.24) is 50.5 Å². The molecule has 2 aromatic heterocycles. The first-order valence-electron chi connectivity index (χ1n) is 30.2. The molecule has 6 saturated heterocycles. The Balaban J connectivity index is 0.626. The van der Waals surface area contributed by atoms with Crippen LogP contribution in [-0.2, 0) is 30.5 Å². The highest BCUT2D eigenvalue weighted by atomic mass is 32.1. The topological polar surface area (TPSA) is 204 Å². The molecule has 456 valence electrons.